The normalized spacial score (nSPS) is 17.9. The number of aromatic nitrogens is 1. The summed E-state index contributed by atoms with van der Waals surface area (Å²) in [4.78, 5) is 30.1. The molecule has 1 aliphatic heterocycles. The summed E-state index contributed by atoms with van der Waals surface area (Å²) in [5.41, 5.74) is 3.40. The van der Waals surface area contributed by atoms with Crippen LogP contribution >= 0.6 is 0 Å². The smallest absolute Gasteiger partial charge is 0.323 e. The Morgan fingerprint density at radius 2 is 1.95 bits per heavy atom. The fraction of sp³-hybridized carbons (Fsp3) is 0.452. The summed E-state index contributed by atoms with van der Waals surface area (Å²) >= 11 is 0. The third kappa shape index (κ3) is 7.59. The molecule has 0 aliphatic carbocycles. The molecule has 11 heteroatoms. The first-order valence-corrected chi connectivity index (χ1v) is 14.1. The molecule has 0 saturated carbocycles. The number of nitrogens with one attached hydrogen (secondary N) is 2. The highest BCUT2D eigenvalue weighted by molar-refractivity contribution is 6.00. The van der Waals surface area contributed by atoms with Gasteiger partial charge in [-0.1, -0.05) is 24.2 Å². The molecule has 3 amide bonds. The Bertz CT molecular complexity index is 1360. The first-order chi connectivity index (χ1) is 20.1. The maximum atomic E-state index is 13.5. The zero-order chi connectivity index (χ0) is 30.4. The zero-order valence-corrected chi connectivity index (χ0v) is 25.1. The van der Waals surface area contributed by atoms with E-state index in [0.717, 1.165) is 11.3 Å². The molecule has 3 atom stereocenters. The standard InChI is InChI=1S/C31H41N5O6/c1-19-15-36(20(2)18-37)29(38)14-24-13-25(32-31(39)33-30-21(3)34-42-22(30)4)9-12-27(24)41-28(19)17-35(5)16-23-7-10-26(40-6)11-8-23/h7-13,19-20,28,37H,14-18H2,1-6H3,(H2,32,33,39)/t19-,20-,28+/m1/s1. The van der Waals surface area contributed by atoms with Gasteiger partial charge in [-0.15, -0.1) is 0 Å². The second kappa shape index (κ2) is 13.7. The number of fused-ring (bicyclic) bond motifs is 1. The van der Waals surface area contributed by atoms with Crippen molar-refractivity contribution in [1.82, 2.24) is 15.0 Å². The summed E-state index contributed by atoms with van der Waals surface area (Å²) in [6, 6.07) is 12.5. The average Bonchev–Trinajstić information content (AvgIpc) is 3.29. The van der Waals surface area contributed by atoms with Gasteiger partial charge in [0.2, 0.25) is 5.91 Å². The SMILES string of the molecule is COc1ccc(CN(C)C[C@@H]2Oc3ccc(NC(=O)Nc4c(C)noc4C)cc3CC(=O)N([C@H](C)CO)C[C@H]2C)cc1. The Hall–Kier alpha value is -4.09. The van der Waals surface area contributed by atoms with Gasteiger partial charge in [0.25, 0.3) is 0 Å². The summed E-state index contributed by atoms with van der Waals surface area (Å²) in [5, 5.41) is 19.4. The third-order valence-corrected chi connectivity index (χ3v) is 7.55. The molecule has 0 radical (unpaired) electrons. The zero-order valence-electron chi connectivity index (χ0n) is 25.1. The first kappa shape index (κ1) is 30.9. The van der Waals surface area contributed by atoms with Crippen LogP contribution in [0.2, 0.25) is 0 Å². The van der Waals surface area contributed by atoms with Crippen LogP contribution in [-0.4, -0.2) is 78.0 Å². The molecule has 0 saturated heterocycles. The maximum absolute atomic E-state index is 13.5. The number of aryl methyl sites for hydroxylation is 2. The van der Waals surface area contributed by atoms with Gasteiger partial charge in [-0.25, -0.2) is 4.79 Å². The van der Waals surface area contributed by atoms with E-state index in [4.69, 9.17) is 14.0 Å². The number of carbonyl (C=O) groups is 2. The number of aliphatic hydroxyl groups is 1. The molecular weight excluding hydrogens is 538 g/mol. The molecular formula is C31H41N5O6. The summed E-state index contributed by atoms with van der Waals surface area (Å²) in [7, 11) is 3.69. The molecule has 3 N–H and O–H groups in total. The number of amides is 3. The fourth-order valence-corrected chi connectivity index (χ4v) is 5.08. The van der Waals surface area contributed by atoms with Crippen LogP contribution in [0.15, 0.2) is 47.0 Å². The molecule has 0 unspecified atom stereocenters. The number of carbonyl (C=O) groups excluding carboxylic acids is 2. The van der Waals surface area contributed by atoms with E-state index in [2.05, 4.69) is 27.6 Å². The van der Waals surface area contributed by atoms with Crippen molar-refractivity contribution in [2.24, 2.45) is 5.92 Å². The summed E-state index contributed by atoms with van der Waals surface area (Å²) in [6.45, 7) is 9.00. The van der Waals surface area contributed by atoms with Gasteiger partial charge in [-0.05, 0) is 63.7 Å². The van der Waals surface area contributed by atoms with Crippen LogP contribution in [0, 0.1) is 19.8 Å². The molecule has 0 spiro atoms. The van der Waals surface area contributed by atoms with Gasteiger partial charge in [-0.3, -0.25) is 9.69 Å². The minimum absolute atomic E-state index is 0.0224. The third-order valence-electron chi connectivity index (χ3n) is 7.55. The Labute approximate surface area is 246 Å². The Morgan fingerprint density at radius 3 is 2.60 bits per heavy atom. The molecule has 4 rings (SSSR count). The molecule has 0 bridgehead atoms. The largest absolute Gasteiger partial charge is 0.497 e. The molecule has 2 heterocycles. The lowest BCUT2D eigenvalue weighted by molar-refractivity contribution is -0.134. The van der Waals surface area contributed by atoms with Crippen molar-refractivity contribution in [3.8, 4) is 11.5 Å². The van der Waals surface area contributed by atoms with Crippen molar-refractivity contribution in [2.45, 2.75) is 52.8 Å². The van der Waals surface area contributed by atoms with Crippen LogP contribution in [0.1, 0.15) is 36.4 Å². The van der Waals surface area contributed by atoms with Crippen LogP contribution in [0.3, 0.4) is 0 Å². The Kier molecular flexibility index (Phi) is 10.1. The van der Waals surface area contributed by atoms with Gasteiger partial charge in [-0.2, -0.15) is 0 Å². The molecule has 3 aromatic rings. The van der Waals surface area contributed by atoms with Gasteiger partial charge in [0.05, 0.1) is 26.2 Å². The van der Waals surface area contributed by atoms with Crippen LogP contribution in [0.4, 0.5) is 16.2 Å². The number of methoxy groups -OCH3 is 1. The van der Waals surface area contributed by atoms with Crippen molar-refractivity contribution in [3.05, 3.63) is 65.0 Å². The van der Waals surface area contributed by atoms with Crippen molar-refractivity contribution >= 4 is 23.3 Å². The molecule has 0 fully saturated rings. The number of hydrogen-bond acceptors (Lipinski definition) is 8. The second-order valence-corrected chi connectivity index (χ2v) is 11.0. The molecule has 1 aromatic heterocycles. The Balaban J connectivity index is 1.56. The van der Waals surface area contributed by atoms with Crippen molar-refractivity contribution < 1.29 is 28.7 Å². The minimum atomic E-state index is -0.457. The Morgan fingerprint density at radius 1 is 1.21 bits per heavy atom. The number of benzene rings is 2. The van der Waals surface area contributed by atoms with E-state index < -0.39 is 6.03 Å². The number of hydrogen-bond donors (Lipinski definition) is 3. The second-order valence-electron chi connectivity index (χ2n) is 11.0. The van der Waals surface area contributed by atoms with E-state index in [1.807, 2.05) is 38.2 Å². The summed E-state index contributed by atoms with van der Waals surface area (Å²) in [5.74, 6) is 1.77. The number of aliphatic hydroxyl groups excluding tert-OH is 1. The maximum Gasteiger partial charge on any atom is 0.323 e. The monoisotopic (exact) mass is 579 g/mol. The number of nitrogens with zero attached hydrogens (tertiary/aromatic N) is 3. The van der Waals surface area contributed by atoms with Gasteiger partial charge in [0.1, 0.15) is 29.0 Å². The van der Waals surface area contributed by atoms with E-state index in [1.54, 1.807) is 44.1 Å². The molecule has 226 valence electrons. The lowest BCUT2D eigenvalue weighted by atomic mass is 10.0. The molecule has 2 aromatic carbocycles. The summed E-state index contributed by atoms with van der Waals surface area (Å²) < 4.78 is 17.0. The van der Waals surface area contributed by atoms with E-state index in [-0.39, 0.29) is 37.0 Å². The lowest BCUT2D eigenvalue weighted by Crippen LogP contribution is -2.47. The molecule has 42 heavy (non-hydrogen) atoms. The highest BCUT2D eigenvalue weighted by atomic mass is 16.5. The van der Waals surface area contributed by atoms with E-state index >= 15 is 0 Å². The van der Waals surface area contributed by atoms with E-state index in [0.29, 0.717) is 53.8 Å². The van der Waals surface area contributed by atoms with E-state index in [9.17, 15) is 14.7 Å². The highest BCUT2D eigenvalue weighted by Crippen LogP contribution is 2.30. The summed E-state index contributed by atoms with van der Waals surface area (Å²) in [6.07, 6.45) is -0.171. The van der Waals surface area contributed by atoms with Crippen molar-refractivity contribution in [1.29, 1.82) is 0 Å². The molecule has 1 aliphatic rings. The van der Waals surface area contributed by atoms with Crippen molar-refractivity contribution in [2.75, 3.05) is 44.5 Å². The predicted molar refractivity (Wildman–Crippen MR) is 160 cm³/mol. The van der Waals surface area contributed by atoms with Crippen LogP contribution in [0.25, 0.3) is 0 Å². The number of ether oxygens (including phenoxy) is 2. The van der Waals surface area contributed by atoms with Crippen molar-refractivity contribution in [3.63, 3.8) is 0 Å². The topological polar surface area (TPSA) is 129 Å². The van der Waals surface area contributed by atoms with Gasteiger partial charge in [0.15, 0.2) is 5.76 Å². The van der Waals surface area contributed by atoms with E-state index in [1.165, 1.54) is 0 Å². The fourth-order valence-electron chi connectivity index (χ4n) is 5.08. The van der Waals surface area contributed by atoms with Crippen LogP contribution in [0.5, 0.6) is 11.5 Å². The average molecular weight is 580 g/mol. The number of likely N-dealkylation sites (N-methyl/N-ethyl adjacent to an activating group) is 1. The number of anilines is 2. The first-order valence-electron chi connectivity index (χ1n) is 14.1. The van der Waals surface area contributed by atoms with Gasteiger partial charge >= 0.3 is 6.03 Å². The number of rotatable bonds is 9. The highest BCUT2D eigenvalue weighted by Gasteiger charge is 2.31. The quantitative estimate of drug-likeness (QED) is 0.344. The van der Waals surface area contributed by atoms with Gasteiger partial charge in [0, 0.05) is 36.8 Å². The predicted octanol–water partition coefficient (Wildman–Crippen LogP) is 4.23. The van der Waals surface area contributed by atoms with Crippen LogP contribution in [-0.2, 0) is 17.8 Å². The minimum Gasteiger partial charge on any atom is -0.497 e. The van der Waals surface area contributed by atoms with Gasteiger partial charge < -0.3 is 34.6 Å². The number of urea groups is 1. The lowest BCUT2D eigenvalue weighted by Gasteiger charge is -2.34. The molecule has 11 nitrogen and oxygen atoms in total. The van der Waals surface area contributed by atoms with Crippen LogP contribution < -0.4 is 20.1 Å².